The molecule has 0 saturated carbocycles. The second kappa shape index (κ2) is 7.15. The van der Waals surface area contributed by atoms with Crippen molar-refractivity contribution in [3.05, 3.63) is 63.8 Å². The van der Waals surface area contributed by atoms with Crippen molar-refractivity contribution < 1.29 is 0 Å². The minimum Gasteiger partial charge on any atom is -0.330 e. The van der Waals surface area contributed by atoms with Gasteiger partial charge in [0.05, 0.1) is 0 Å². The Labute approximate surface area is 150 Å². The van der Waals surface area contributed by atoms with Crippen molar-refractivity contribution in [3.8, 4) is 10.6 Å². The zero-order valence-corrected chi connectivity index (χ0v) is 15.1. The van der Waals surface area contributed by atoms with Gasteiger partial charge in [0.2, 0.25) is 0 Å². The molecular formula is C19H21N3S2. The first kappa shape index (κ1) is 16.0. The predicted molar refractivity (Wildman–Crippen MR) is 102 cm³/mol. The third-order valence-electron chi connectivity index (χ3n) is 4.75. The van der Waals surface area contributed by atoms with Crippen LogP contribution in [-0.4, -0.2) is 29.5 Å². The van der Waals surface area contributed by atoms with Crippen LogP contribution in [-0.2, 0) is 6.54 Å². The first-order valence-corrected chi connectivity index (χ1v) is 10.0. The van der Waals surface area contributed by atoms with Gasteiger partial charge in [-0.1, -0.05) is 30.3 Å². The molecule has 2 atom stereocenters. The van der Waals surface area contributed by atoms with E-state index in [4.69, 9.17) is 5.73 Å². The van der Waals surface area contributed by atoms with Gasteiger partial charge in [0.1, 0.15) is 5.01 Å². The van der Waals surface area contributed by atoms with E-state index in [0.717, 1.165) is 31.2 Å². The summed E-state index contributed by atoms with van der Waals surface area (Å²) in [5.74, 6) is 1.08. The number of hydrogen-bond donors (Lipinski definition) is 1. The standard InChI is InChI=1S/C19H21N3S2/c20-8-16-10-22(12-18(16)14-4-2-1-3-5-14)11-17-9-21-19(24-17)15-6-7-23-13-15/h1-7,9,13,16,18H,8,10-12,20H2/t16-,18+/m1/s1. The molecule has 1 aliphatic heterocycles. The molecule has 3 nitrogen and oxygen atoms in total. The number of rotatable bonds is 5. The first-order chi connectivity index (χ1) is 11.8. The molecule has 1 fully saturated rings. The highest BCUT2D eigenvalue weighted by atomic mass is 32.1. The summed E-state index contributed by atoms with van der Waals surface area (Å²) in [6.45, 7) is 3.87. The normalized spacial score (nSPS) is 21.4. The maximum Gasteiger partial charge on any atom is 0.124 e. The van der Waals surface area contributed by atoms with Crippen molar-refractivity contribution in [3.63, 3.8) is 0 Å². The summed E-state index contributed by atoms with van der Waals surface area (Å²) in [4.78, 5) is 8.45. The van der Waals surface area contributed by atoms with Gasteiger partial charge in [-0.05, 0) is 29.5 Å². The lowest BCUT2D eigenvalue weighted by Gasteiger charge is -2.16. The van der Waals surface area contributed by atoms with Crippen LogP contribution in [0.1, 0.15) is 16.4 Å². The number of nitrogens with zero attached hydrogens (tertiary/aromatic N) is 2. The molecule has 4 rings (SSSR count). The SMILES string of the molecule is NC[C@@H]1CN(Cc2cnc(-c3ccsc3)s2)C[C@H]1c1ccccc1. The van der Waals surface area contributed by atoms with E-state index in [2.05, 4.69) is 57.0 Å². The number of nitrogens with two attached hydrogens (primary N) is 1. The average molecular weight is 356 g/mol. The highest BCUT2D eigenvalue weighted by Crippen LogP contribution is 2.34. The van der Waals surface area contributed by atoms with E-state index in [0.29, 0.717) is 11.8 Å². The van der Waals surface area contributed by atoms with Crippen LogP contribution in [0.15, 0.2) is 53.4 Å². The summed E-state index contributed by atoms with van der Waals surface area (Å²) < 4.78 is 0. The van der Waals surface area contributed by atoms with Gasteiger partial charge in [-0.15, -0.1) is 11.3 Å². The lowest BCUT2D eigenvalue weighted by atomic mass is 9.89. The topological polar surface area (TPSA) is 42.1 Å². The van der Waals surface area contributed by atoms with Gasteiger partial charge in [-0.3, -0.25) is 4.90 Å². The maximum absolute atomic E-state index is 6.05. The van der Waals surface area contributed by atoms with Gasteiger partial charge in [-0.2, -0.15) is 11.3 Å². The van der Waals surface area contributed by atoms with Gasteiger partial charge in [0, 0.05) is 47.6 Å². The Morgan fingerprint density at radius 1 is 1.17 bits per heavy atom. The number of aromatic nitrogens is 1. The van der Waals surface area contributed by atoms with E-state index in [-0.39, 0.29) is 0 Å². The summed E-state index contributed by atoms with van der Waals surface area (Å²) in [6, 6.07) is 12.9. The van der Waals surface area contributed by atoms with Gasteiger partial charge in [-0.25, -0.2) is 4.98 Å². The fraction of sp³-hybridized carbons (Fsp3) is 0.316. The van der Waals surface area contributed by atoms with Crippen molar-refractivity contribution in [1.29, 1.82) is 0 Å². The average Bonchev–Trinajstić information content (AvgIpc) is 3.36. The van der Waals surface area contributed by atoms with Crippen molar-refractivity contribution in [1.82, 2.24) is 9.88 Å². The van der Waals surface area contributed by atoms with Crippen LogP contribution >= 0.6 is 22.7 Å². The molecule has 0 amide bonds. The summed E-state index contributed by atoms with van der Waals surface area (Å²) in [5.41, 5.74) is 8.70. The molecule has 1 aromatic carbocycles. The number of thiophene rings is 1. The molecule has 0 bridgehead atoms. The predicted octanol–water partition coefficient (Wildman–Crippen LogP) is 4.05. The molecule has 124 valence electrons. The van der Waals surface area contributed by atoms with Gasteiger partial charge in [0.15, 0.2) is 0 Å². The fourth-order valence-corrected chi connectivity index (χ4v) is 5.19. The zero-order valence-electron chi connectivity index (χ0n) is 13.5. The Morgan fingerprint density at radius 3 is 2.79 bits per heavy atom. The molecule has 3 heterocycles. The molecule has 24 heavy (non-hydrogen) atoms. The van der Waals surface area contributed by atoms with E-state index < -0.39 is 0 Å². The largest absolute Gasteiger partial charge is 0.330 e. The molecule has 2 N–H and O–H groups in total. The highest BCUT2D eigenvalue weighted by molar-refractivity contribution is 7.15. The van der Waals surface area contributed by atoms with Gasteiger partial charge in [0.25, 0.3) is 0 Å². The Kier molecular flexibility index (Phi) is 4.76. The van der Waals surface area contributed by atoms with Crippen LogP contribution in [0.5, 0.6) is 0 Å². The van der Waals surface area contributed by atoms with E-state index >= 15 is 0 Å². The number of likely N-dealkylation sites (tertiary alicyclic amines) is 1. The van der Waals surface area contributed by atoms with Crippen LogP contribution in [0.2, 0.25) is 0 Å². The van der Waals surface area contributed by atoms with Crippen molar-refractivity contribution in [2.45, 2.75) is 12.5 Å². The molecule has 3 aromatic rings. The molecule has 1 saturated heterocycles. The first-order valence-electron chi connectivity index (χ1n) is 8.28. The summed E-state index contributed by atoms with van der Waals surface area (Å²) in [5, 5.41) is 5.39. The zero-order chi connectivity index (χ0) is 16.4. The Bertz CT molecular complexity index is 767. The van der Waals surface area contributed by atoms with E-state index in [9.17, 15) is 0 Å². The molecule has 2 aromatic heterocycles. The summed E-state index contributed by atoms with van der Waals surface area (Å²) >= 11 is 3.53. The number of benzene rings is 1. The molecular weight excluding hydrogens is 334 g/mol. The third-order valence-corrected chi connectivity index (χ3v) is 6.46. The lowest BCUT2D eigenvalue weighted by Crippen LogP contribution is -2.22. The van der Waals surface area contributed by atoms with Gasteiger partial charge >= 0.3 is 0 Å². The molecule has 5 heteroatoms. The quantitative estimate of drug-likeness (QED) is 0.751. The third kappa shape index (κ3) is 3.30. The number of thiazole rings is 1. The number of hydrogen-bond acceptors (Lipinski definition) is 5. The van der Waals surface area contributed by atoms with E-state index in [1.54, 1.807) is 22.7 Å². The Balaban J connectivity index is 1.46. The summed E-state index contributed by atoms with van der Waals surface area (Å²) in [6.07, 6.45) is 2.03. The van der Waals surface area contributed by atoms with Crippen LogP contribution in [0.25, 0.3) is 10.6 Å². The highest BCUT2D eigenvalue weighted by Gasteiger charge is 2.32. The van der Waals surface area contributed by atoms with Crippen LogP contribution in [0.4, 0.5) is 0 Å². The fourth-order valence-electron chi connectivity index (χ4n) is 3.53. The Hall–Kier alpha value is -1.53. The molecule has 0 spiro atoms. The van der Waals surface area contributed by atoms with Crippen LogP contribution < -0.4 is 5.73 Å². The van der Waals surface area contributed by atoms with Crippen molar-refractivity contribution >= 4 is 22.7 Å². The monoisotopic (exact) mass is 355 g/mol. The minimum absolute atomic E-state index is 0.539. The molecule has 0 radical (unpaired) electrons. The smallest absolute Gasteiger partial charge is 0.124 e. The second-order valence-corrected chi connectivity index (χ2v) is 8.25. The van der Waals surface area contributed by atoms with Gasteiger partial charge < -0.3 is 5.73 Å². The molecule has 1 aliphatic rings. The summed E-state index contributed by atoms with van der Waals surface area (Å²) in [7, 11) is 0. The Morgan fingerprint density at radius 2 is 2.04 bits per heavy atom. The van der Waals surface area contributed by atoms with Crippen LogP contribution in [0.3, 0.4) is 0 Å². The minimum atomic E-state index is 0.539. The maximum atomic E-state index is 6.05. The van der Waals surface area contributed by atoms with Crippen molar-refractivity contribution in [2.24, 2.45) is 11.7 Å². The molecule has 0 aliphatic carbocycles. The van der Waals surface area contributed by atoms with E-state index in [1.807, 2.05) is 6.20 Å². The van der Waals surface area contributed by atoms with Crippen molar-refractivity contribution in [2.75, 3.05) is 19.6 Å². The van der Waals surface area contributed by atoms with Crippen LogP contribution in [0, 0.1) is 5.92 Å². The lowest BCUT2D eigenvalue weighted by molar-refractivity contribution is 0.319. The molecule has 0 unspecified atom stereocenters. The second-order valence-electron chi connectivity index (χ2n) is 6.35. The van der Waals surface area contributed by atoms with E-state index in [1.165, 1.54) is 16.0 Å².